The molecule has 122 valence electrons. The molecule has 1 saturated heterocycles. The molecule has 1 amide bonds. The summed E-state index contributed by atoms with van der Waals surface area (Å²) in [5, 5.41) is 0.287. The molecule has 1 aromatic carbocycles. The van der Waals surface area contributed by atoms with Crippen molar-refractivity contribution in [2.24, 2.45) is 0 Å². The third kappa shape index (κ3) is 3.29. The van der Waals surface area contributed by atoms with E-state index in [4.69, 9.17) is 11.6 Å². The van der Waals surface area contributed by atoms with Gasteiger partial charge in [-0.05, 0) is 31.0 Å². The lowest BCUT2D eigenvalue weighted by Crippen LogP contribution is -2.31. The molecule has 0 aliphatic carbocycles. The zero-order valence-corrected chi connectivity index (χ0v) is 14.5. The van der Waals surface area contributed by atoms with Gasteiger partial charge in [-0.2, -0.15) is 4.31 Å². The highest BCUT2D eigenvalue weighted by molar-refractivity contribution is 7.89. The molecule has 1 aliphatic rings. The van der Waals surface area contributed by atoms with Crippen molar-refractivity contribution in [3.8, 4) is 0 Å². The van der Waals surface area contributed by atoms with Crippen LogP contribution in [0.3, 0.4) is 0 Å². The Bertz CT molecular complexity index is 651. The minimum absolute atomic E-state index is 0.114. The third-order valence-corrected chi connectivity index (χ3v) is 6.28. The van der Waals surface area contributed by atoms with Gasteiger partial charge in [0, 0.05) is 26.2 Å². The van der Waals surface area contributed by atoms with Crippen LogP contribution in [-0.4, -0.2) is 49.7 Å². The predicted octanol–water partition coefficient (Wildman–Crippen LogP) is 2.61. The summed E-state index contributed by atoms with van der Waals surface area (Å²) in [7, 11) is -3.59. The second-order valence-electron chi connectivity index (χ2n) is 5.23. The predicted molar refractivity (Wildman–Crippen MR) is 86.7 cm³/mol. The number of hydrogen-bond acceptors (Lipinski definition) is 3. The second-order valence-corrected chi connectivity index (χ2v) is 7.58. The van der Waals surface area contributed by atoms with Gasteiger partial charge in [0.25, 0.3) is 5.91 Å². The van der Waals surface area contributed by atoms with Gasteiger partial charge in [-0.1, -0.05) is 25.4 Å². The van der Waals surface area contributed by atoms with Crippen LogP contribution in [0, 0.1) is 0 Å². The standard InChI is InChI=1S/C15H21ClN2O3S/c1-3-18(4-2)22(20,21)12-7-8-14(16)13(11-12)15(19)17-9-5-6-10-17/h7-8,11H,3-6,9-10H2,1-2H3. The molecule has 0 unspecified atom stereocenters. The number of sulfonamides is 1. The van der Waals surface area contributed by atoms with Crippen LogP contribution in [0.5, 0.6) is 0 Å². The average Bonchev–Trinajstić information content (AvgIpc) is 3.02. The largest absolute Gasteiger partial charge is 0.339 e. The monoisotopic (exact) mass is 344 g/mol. The van der Waals surface area contributed by atoms with E-state index in [-0.39, 0.29) is 21.4 Å². The summed E-state index contributed by atoms with van der Waals surface area (Å²) >= 11 is 6.11. The normalized spacial score (nSPS) is 15.5. The summed E-state index contributed by atoms with van der Waals surface area (Å²) in [6.45, 7) is 5.73. The summed E-state index contributed by atoms with van der Waals surface area (Å²) < 4.78 is 26.5. The lowest BCUT2D eigenvalue weighted by molar-refractivity contribution is 0.0792. The number of rotatable bonds is 5. The number of benzene rings is 1. The highest BCUT2D eigenvalue weighted by atomic mass is 35.5. The Hall–Kier alpha value is -1.11. The number of hydrogen-bond donors (Lipinski definition) is 0. The molecule has 1 heterocycles. The molecule has 1 fully saturated rings. The first-order valence-electron chi connectivity index (χ1n) is 7.50. The molecule has 2 rings (SSSR count). The first-order chi connectivity index (χ1) is 10.4. The minimum atomic E-state index is -3.59. The molecule has 0 spiro atoms. The highest BCUT2D eigenvalue weighted by Crippen LogP contribution is 2.25. The molecule has 1 aliphatic heterocycles. The van der Waals surface area contributed by atoms with Crippen molar-refractivity contribution < 1.29 is 13.2 Å². The topological polar surface area (TPSA) is 57.7 Å². The Morgan fingerprint density at radius 2 is 1.82 bits per heavy atom. The highest BCUT2D eigenvalue weighted by Gasteiger charge is 2.26. The van der Waals surface area contributed by atoms with Gasteiger partial charge in [-0.15, -0.1) is 0 Å². The van der Waals surface area contributed by atoms with Crippen molar-refractivity contribution in [1.29, 1.82) is 0 Å². The molecule has 0 bridgehead atoms. The van der Waals surface area contributed by atoms with Crippen molar-refractivity contribution in [2.75, 3.05) is 26.2 Å². The molecule has 0 radical (unpaired) electrons. The molecule has 0 aromatic heterocycles. The third-order valence-electron chi connectivity index (χ3n) is 3.90. The van der Waals surface area contributed by atoms with E-state index in [1.807, 2.05) is 0 Å². The fraction of sp³-hybridized carbons (Fsp3) is 0.533. The van der Waals surface area contributed by atoms with E-state index in [2.05, 4.69) is 0 Å². The van der Waals surface area contributed by atoms with Crippen molar-refractivity contribution in [3.05, 3.63) is 28.8 Å². The van der Waals surface area contributed by atoms with Gasteiger partial charge in [0.1, 0.15) is 0 Å². The number of likely N-dealkylation sites (tertiary alicyclic amines) is 1. The van der Waals surface area contributed by atoms with Crippen LogP contribution in [0.15, 0.2) is 23.1 Å². The van der Waals surface area contributed by atoms with Gasteiger partial charge in [-0.3, -0.25) is 4.79 Å². The Balaban J connectivity index is 2.40. The minimum Gasteiger partial charge on any atom is -0.339 e. The molecule has 0 saturated carbocycles. The average molecular weight is 345 g/mol. The second kappa shape index (κ2) is 6.98. The van der Waals surface area contributed by atoms with E-state index >= 15 is 0 Å². The van der Waals surface area contributed by atoms with Crippen molar-refractivity contribution in [2.45, 2.75) is 31.6 Å². The smallest absolute Gasteiger partial charge is 0.255 e. The number of halogens is 1. The zero-order chi connectivity index (χ0) is 16.3. The van der Waals surface area contributed by atoms with Crippen LogP contribution in [-0.2, 0) is 10.0 Å². The SMILES string of the molecule is CCN(CC)S(=O)(=O)c1ccc(Cl)c(C(=O)N2CCCC2)c1. The Morgan fingerprint density at radius 3 is 2.36 bits per heavy atom. The van der Waals surface area contributed by atoms with E-state index < -0.39 is 10.0 Å². The Morgan fingerprint density at radius 1 is 1.23 bits per heavy atom. The summed E-state index contributed by atoms with van der Waals surface area (Å²) in [6, 6.07) is 4.34. The van der Waals surface area contributed by atoms with Gasteiger partial charge in [0.15, 0.2) is 0 Å². The maximum Gasteiger partial charge on any atom is 0.255 e. The van der Waals surface area contributed by atoms with E-state index in [0.717, 1.165) is 12.8 Å². The molecule has 0 N–H and O–H groups in total. The van der Waals surface area contributed by atoms with Crippen molar-refractivity contribution in [3.63, 3.8) is 0 Å². The van der Waals surface area contributed by atoms with E-state index in [9.17, 15) is 13.2 Å². The lowest BCUT2D eigenvalue weighted by atomic mass is 10.2. The molecular formula is C15H21ClN2O3S. The first-order valence-corrected chi connectivity index (χ1v) is 9.32. The maximum atomic E-state index is 12.6. The lowest BCUT2D eigenvalue weighted by Gasteiger charge is -2.20. The van der Waals surface area contributed by atoms with Crippen LogP contribution < -0.4 is 0 Å². The van der Waals surface area contributed by atoms with Crippen LogP contribution >= 0.6 is 11.6 Å². The van der Waals surface area contributed by atoms with Gasteiger partial charge in [-0.25, -0.2) is 8.42 Å². The van der Waals surface area contributed by atoms with Gasteiger partial charge < -0.3 is 4.90 Å². The summed E-state index contributed by atoms with van der Waals surface area (Å²) in [6.07, 6.45) is 1.95. The number of carbonyl (C=O) groups is 1. The first kappa shape index (κ1) is 17.2. The Labute approximate surface area is 136 Å². The number of nitrogens with zero attached hydrogens (tertiary/aromatic N) is 2. The number of amides is 1. The molecule has 1 aromatic rings. The quantitative estimate of drug-likeness (QED) is 0.825. The van der Waals surface area contributed by atoms with Crippen LogP contribution in [0.4, 0.5) is 0 Å². The van der Waals surface area contributed by atoms with Crippen LogP contribution in [0.2, 0.25) is 5.02 Å². The molecule has 7 heteroatoms. The Kier molecular flexibility index (Phi) is 5.47. The van der Waals surface area contributed by atoms with E-state index in [0.29, 0.717) is 26.2 Å². The van der Waals surface area contributed by atoms with Gasteiger partial charge in [0.2, 0.25) is 10.0 Å². The van der Waals surface area contributed by atoms with Gasteiger partial charge >= 0.3 is 0 Å². The number of carbonyl (C=O) groups excluding carboxylic acids is 1. The van der Waals surface area contributed by atoms with Crippen LogP contribution in [0.1, 0.15) is 37.0 Å². The summed E-state index contributed by atoms with van der Waals surface area (Å²) in [5.41, 5.74) is 0.261. The maximum absolute atomic E-state index is 12.6. The molecule has 22 heavy (non-hydrogen) atoms. The van der Waals surface area contributed by atoms with Crippen molar-refractivity contribution in [1.82, 2.24) is 9.21 Å². The summed E-state index contributed by atoms with van der Waals surface area (Å²) in [5.74, 6) is -0.195. The molecule has 5 nitrogen and oxygen atoms in total. The van der Waals surface area contributed by atoms with Crippen LogP contribution in [0.25, 0.3) is 0 Å². The van der Waals surface area contributed by atoms with Crippen molar-refractivity contribution >= 4 is 27.5 Å². The fourth-order valence-corrected chi connectivity index (χ4v) is 4.32. The van der Waals surface area contributed by atoms with E-state index in [1.54, 1.807) is 18.7 Å². The fourth-order valence-electron chi connectivity index (χ4n) is 2.63. The molecular weight excluding hydrogens is 324 g/mol. The summed E-state index contributed by atoms with van der Waals surface area (Å²) in [4.78, 5) is 14.3. The van der Waals surface area contributed by atoms with Gasteiger partial charge in [0.05, 0.1) is 15.5 Å². The zero-order valence-electron chi connectivity index (χ0n) is 12.9. The molecule has 0 atom stereocenters. The van der Waals surface area contributed by atoms with E-state index in [1.165, 1.54) is 22.5 Å².